The van der Waals surface area contributed by atoms with Gasteiger partial charge in [0.1, 0.15) is 0 Å². The quantitative estimate of drug-likeness (QED) is 0.566. The van der Waals surface area contributed by atoms with Gasteiger partial charge in [-0.1, -0.05) is 49.6 Å². The molecule has 5 nitrogen and oxygen atoms in total. The number of carbonyl (C=O) groups excluding carboxylic acids is 1. The van der Waals surface area contributed by atoms with Gasteiger partial charge >= 0.3 is 5.97 Å². The van der Waals surface area contributed by atoms with E-state index in [4.69, 9.17) is 4.74 Å². The normalized spacial score (nSPS) is 21.0. The minimum Gasteiger partial charge on any atom is -0.481 e. The number of carbonyl (C=O) groups is 2. The van der Waals surface area contributed by atoms with Gasteiger partial charge in [-0.3, -0.25) is 9.59 Å². The van der Waals surface area contributed by atoms with Crippen molar-refractivity contribution in [1.82, 2.24) is 5.32 Å². The summed E-state index contributed by atoms with van der Waals surface area (Å²) in [5, 5.41) is 12.3. The van der Waals surface area contributed by atoms with Crippen LogP contribution in [0.15, 0.2) is 30.3 Å². The number of nitrogens with one attached hydrogen (secondary N) is 1. The van der Waals surface area contributed by atoms with Gasteiger partial charge in [0, 0.05) is 19.1 Å². The first-order valence-corrected chi connectivity index (χ1v) is 8.80. The van der Waals surface area contributed by atoms with Gasteiger partial charge in [0.15, 0.2) is 0 Å². The number of amides is 1. The van der Waals surface area contributed by atoms with Crippen LogP contribution in [0.2, 0.25) is 0 Å². The molecule has 1 aromatic rings. The summed E-state index contributed by atoms with van der Waals surface area (Å²) in [4.78, 5) is 23.4. The molecule has 0 radical (unpaired) electrons. The lowest BCUT2D eigenvalue weighted by Crippen LogP contribution is -2.42. The molecule has 0 aliphatic heterocycles. The van der Waals surface area contributed by atoms with Gasteiger partial charge in [-0.05, 0) is 24.8 Å². The lowest BCUT2D eigenvalue weighted by molar-refractivity contribution is -0.143. The zero-order chi connectivity index (χ0) is 17.2. The van der Waals surface area contributed by atoms with E-state index in [1.54, 1.807) is 0 Å². The Morgan fingerprint density at radius 1 is 1.12 bits per heavy atom. The van der Waals surface area contributed by atoms with Crippen molar-refractivity contribution in [3.8, 4) is 0 Å². The Balaban J connectivity index is 1.65. The van der Waals surface area contributed by atoms with Crippen LogP contribution in [0.25, 0.3) is 0 Å². The lowest BCUT2D eigenvalue weighted by Gasteiger charge is -2.22. The molecular weight excluding hydrogens is 306 g/mol. The number of hydrogen-bond donors (Lipinski definition) is 2. The van der Waals surface area contributed by atoms with Gasteiger partial charge in [0.2, 0.25) is 5.91 Å². The Kier molecular flexibility index (Phi) is 7.75. The first-order valence-electron chi connectivity index (χ1n) is 8.80. The Labute approximate surface area is 143 Å². The third-order valence-corrected chi connectivity index (χ3v) is 4.48. The van der Waals surface area contributed by atoms with Crippen molar-refractivity contribution in [2.45, 2.75) is 57.6 Å². The predicted octanol–water partition coefficient (Wildman–Crippen LogP) is 3.13. The van der Waals surface area contributed by atoms with Crippen LogP contribution in [0, 0.1) is 5.92 Å². The second-order valence-electron chi connectivity index (χ2n) is 6.40. The van der Waals surface area contributed by atoms with Crippen LogP contribution < -0.4 is 5.32 Å². The fourth-order valence-corrected chi connectivity index (χ4v) is 3.15. The van der Waals surface area contributed by atoms with Crippen LogP contribution in [0.5, 0.6) is 0 Å². The smallest absolute Gasteiger partial charge is 0.308 e. The number of hydrogen-bond acceptors (Lipinski definition) is 3. The predicted molar refractivity (Wildman–Crippen MR) is 91.5 cm³/mol. The molecule has 0 aromatic heterocycles. The molecule has 0 spiro atoms. The number of aliphatic carboxylic acids is 1. The largest absolute Gasteiger partial charge is 0.481 e. The molecule has 0 unspecified atom stereocenters. The van der Waals surface area contributed by atoms with Crippen LogP contribution in [0.4, 0.5) is 0 Å². The number of carboxylic acids is 1. The van der Waals surface area contributed by atoms with Crippen molar-refractivity contribution >= 4 is 11.9 Å². The fourth-order valence-electron chi connectivity index (χ4n) is 3.15. The van der Waals surface area contributed by atoms with Crippen molar-refractivity contribution in [2.75, 3.05) is 6.61 Å². The van der Waals surface area contributed by atoms with Crippen LogP contribution in [-0.4, -0.2) is 29.6 Å². The van der Waals surface area contributed by atoms with E-state index in [0.29, 0.717) is 32.5 Å². The molecule has 5 heteroatoms. The molecule has 1 fully saturated rings. The second-order valence-corrected chi connectivity index (χ2v) is 6.40. The number of ether oxygens (including phenoxy) is 1. The van der Waals surface area contributed by atoms with Crippen molar-refractivity contribution < 1.29 is 19.4 Å². The van der Waals surface area contributed by atoms with Gasteiger partial charge in [-0.25, -0.2) is 0 Å². The average molecular weight is 333 g/mol. The van der Waals surface area contributed by atoms with E-state index in [-0.39, 0.29) is 11.9 Å². The molecule has 2 N–H and O–H groups in total. The average Bonchev–Trinajstić information content (AvgIpc) is 2.81. The van der Waals surface area contributed by atoms with Gasteiger partial charge in [-0.2, -0.15) is 0 Å². The summed E-state index contributed by atoms with van der Waals surface area (Å²) >= 11 is 0. The molecule has 1 saturated carbocycles. The highest BCUT2D eigenvalue weighted by atomic mass is 16.5. The van der Waals surface area contributed by atoms with E-state index < -0.39 is 11.9 Å². The molecule has 2 rings (SSSR count). The zero-order valence-electron chi connectivity index (χ0n) is 14.1. The molecular formula is C19H27NO4. The molecule has 0 bridgehead atoms. The molecule has 2 atom stereocenters. The monoisotopic (exact) mass is 333 g/mol. The summed E-state index contributed by atoms with van der Waals surface area (Å²) < 4.78 is 5.57. The fraction of sp³-hybridized carbons (Fsp3) is 0.579. The van der Waals surface area contributed by atoms with Gasteiger partial charge < -0.3 is 15.2 Å². The summed E-state index contributed by atoms with van der Waals surface area (Å²) in [6.45, 7) is 1.07. The van der Waals surface area contributed by atoms with Crippen molar-refractivity contribution in [3.63, 3.8) is 0 Å². The van der Waals surface area contributed by atoms with Crippen molar-refractivity contribution in [3.05, 3.63) is 35.9 Å². The maximum absolute atomic E-state index is 12.1. The van der Waals surface area contributed by atoms with Crippen molar-refractivity contribution in [2.24, 2.45) is 5.92 Å². The molecule has 1 aromatic carbocycles. The second kappa shape index (κ2) is 10.1. The molecule has 24 heavy (non-hydrogen) atoms. The van der Waals surface area contributed by atoms with Crippen LogP contribution in [-0.2, 0) is 20.9 Å². The standard InChI is InChI=1S/C19H27NO4/c21-18(12-7-13-24-14-15-8-3-1-4-9-15)20-17-11-6-2-5-10-16(17)19(22)23/h1,3-4,8-9,16-17H,2,5-7,10-14H2,(H,20,21)(H,22,23)/t16-,17+/m1/s1. The van der Waals surface area contributed by atoms with Gasteiger partial charge in [0.25, 0.3) is 0 Å². The third-order valence-electron chi connectivity index (χ3n) is 4.48. The maximum atomic E-state index is 12.1. The number of carboxylic acid groups (broad SMARTS) is 1. The van der Waals surface area contributed by atoms with E-state index in [1.165, 1.54) is 0 Å². The number of benzene rings is 1. The highest BCUT2D eigenvalue weighted by Gasteiger charge is 2.30. The summed E-state index contributed by atoms with van der Waals surface area (Å²) in [5.41, 5.74) is 1.12. The molecule has 1 aliphatic rings. The van der Waals surface area contributed by atoms with Crippen LogP contribution in [0.3, 0.4) is 0 Å². The summed E-state index contributed by atoms with van der Waals surface area (Å²) in [6.07, 6.45) is 5.38. The van der Waals surface area contributed by atoms with Gasteiger partial charge in [-0.15, -0.1) is 0 Å². The third kappa shape index (κ3) is 6.32. The molecule has 1 amide bonds. The van der Waals surface area contributed by atoms with Crippen molar-refractivity contribution in [1.29, 1.82) is 0 Å². The lowest BCUT2D eigenvalue weighted by atomic mass is 9.94. The molecule has 0 saturated heterocycles. The molecule has 1 aliphatic carbocycles. The Hall–Kier alpha value is -1.88. The van der Waals surface area contributed by atoms with E-state index in [0.717, 1.165) is 31.2 Å². The highest BCUT2D eigenvalue weighted by molar-refractivity contribution is 5.78. The topological polar surface area (TPSA) is 75.6 Å². The molecule has 0 heterocycles. The highest BCUT2D eigenvalue weighted by Crippen LogP contribution is 2.24. The summed E-state index contributed by atoms with van der Waals surface area (Å²) in [7, 11) is 0. The van der Waals surface area contributed by atoms with E-state index in [1.807, 2.05) is 30.3 Å². The van der Waals surface area contributed by atoms with E-state index >= 15 is 0 Å². The minimum absolute atomic E-state index is 0.0727. The number of rotatable bonds is 8. The Morgan fingerprint density at radius 2 is 1.88 bits per heavy atom. The first kappa shape index (κ1) is 18.5. The molecule has 132 valence electrons. The van der Waals surface area contributed by atoms with Crippen LogP contribution in [0.1, 0.15) is 50.5 Å². The SMILES string of the molecule is O=C(CCCOCc1ccccc1)N[C@H]1CCCCC[C@H]1C(=O)O. The maximum Gasteiger partial charge on any atom is 0.308 e. The van der Waals surface area contributed by atoms with E-state index in [2.05, 4.69) is 5.32 Å². The summed E-state index contributed by atoms with van der Waals surface area (Å²) in [5.74, 6) is -1.32. The van der Waals surface area contributed by atoms with Gasteiger partial charge in [0.05, 0.1) is 12.5 Å². The first-order chi connectivity index (χ1) is 11.7. The Morgan fingerprint density at radius 3 is 2.62 bits per heavy atom. The zero-order valence-corrected chi connectivity index (χ0v) is 14.1. The Bertz CT molecular complexity index is 517. The minimum atomic E-state index is -0.798. The summed E-state index contributed by atoms with van der Waals surface area (Å²) in [6, 6.07) is 9.68. The van der Waals surface area contributed by atoms with E-state index in [9.17, 15) is 14.7 Å². The van der Waals surface area contributed by atoms with Crippen LogP contribution >= 0.6 is 0 Å².